The molecule has 0 fully saturated rings. The van der Waals surface area contributed by atoms with E-state index in [0.717, 1.165) is 32.0 Å². The number of benzene rings is 2. The summed E-state index contributed by atoms with van der Waals surface area (Å²) in [5.74, 6) is 0.902. The van der Waals surface area contributed by atoms with E-state index in [9.17, 15) is 0 Å². The molecule has 0 aliphatic rings. The number of hydrogen-bond acceptors (Lipinski definition) is 3. The van der Waals surface area contributed by atoms with Gasteiger partial charge < -0.3 is 9.47 Å². The number of ether oxygens (including phenoxy) is 2. The minimum absolute atomic E-state index is 0.733. The zero-order valence-electron chi connectivity index (χ0n) is 12.8. The lowest BCUT2D eigenvalue weighted by Gasteiger charge is -2.22. The fourth-order valence-electron chi connectivity index (χ4n) is 2.31. The van der Waals surface area contributed by atoms with Gasteiger partial charge in [-0.3, -0.25) is 4.90 Å². The Bertz CT molecular complexity index is 528. The maximum Gasteiger partial charge on any atom is 0.119 e. The van der Waals surface area contributed by atoms with Crippen LogP contribution in [-0.2, 0) is 17.8 Å². The fourth-order valence-corrected chi connectivity index (χ4v) is 2.31. The molecule has 0 aliphatic heterocycles. The lowest BCUT2D eigenvalue weighted by atomic mass is 10.1. The van der Waals surface area contributed by atoms with Crippen molar-refractivity contribution in [1.82, 2.24) is 4.90 Å². The molecule has 0 radical (unpaired) electrons. The molecule has 0 aromatic heterocycles. The molecule has 2 aromatic carbocycles. The Morgan fingerprint density at radius 1 is 0.857 bits per heavy atom. The highest BCUT2D eigenvalue weighted by Gasteiger charge is 2.07. The molecule has 2 aromatic rings. The third-order valence-electron chi connectivity index (χ3n) is 3.40. The van der Waals surface area contributed by atoms with Gasteiger partial charge in [0.05, 0.1) is 13.7 Å². The van der Waals surface area contributed by atoms with Gasteiger partial charge in [0.25, 0.3) is 0 Å². The molecule has 0 spiro atoms. The summed E-state index contributed by atoms with van der Waals surface area (Å²) in [6, 6.07) is 18.7. The first-order chi connectivity index (χ1) is 10.3. The van der Waals surface area contributed by atoms with E-state index >= 15 is 0 Å². The summed E-state index contributed by atoms with van der Waals surface area (Å²) in [5, 5.41) is 0. The van der Waals surface area contributed by atoms with E-state index in [1.54, 1.807) is 14.2 Å². The fraction of sp³-hybridized carbons (Fsp3) is 0.333. The quantitative estimate of drug-likeness (QED) is 0.742. The van der Waals surface area contributed by atoms with Crippen LogP contribution in [0.2, 0.25) is 0 Å². The van der Waals surface area contributed by atoms with E-state index in [1.165, 1.54) is 11.1 Å². The summed E-state index contributed by atoms with van der Waals surface area (Å²) in [6.07, 6.45) is 0. The Morgan fingerprint density at radius 2 is 1.57 bits per heavy atom. The molecule has 0 N–H and O–H groups in total. The van der Waals surface area contributed by atoms with Crippen molar-refractivity contribution in [3.05, 3.63) is 65.7 Å². The minimum atomic E-state index is 0.733. The molecule has 0 saturated carbocycles. The van der Waals surface area contributed by atoms with Gasteiger partial charge in [-0.05, 0) is 23.3 Å². The molecule has 0 atom stereocenters. The third kappa shape index (κ3) is 5.21. The third-order valence-corrected chi connectivity index (χ3v) is 3.40. The highest BCUT2D eigenvalue weighted by Crippen LogP contribution is 2.15. The first kappa shape index (κ1) is 15.5. The highest BCUT2D eigenvalue weighted by atomic mass is 16.5. The molecular weight excluding hydrogens is 262 g/mol. The van der Waals surface area contributed by atoms with Crippen molar-refractivity contribution < 1.29 is 9.47 Å². The Morgan fingerprint density at radius 3 is 2.29 bits per heavy atom. The van der Waals surface area contributed by atoms with Crippen LogP contribution < -0.4 is 4.74 Å². The van der Waals surface area contributed by atoms with Crippen LogP contribution in [0, 0.1) is 0 Å². The number of nitrogens with zero attached hydrogens (tertiary/aromatic N) is 1. The number of methoxy groups -OCH3 is 2. The van der Waals surface area contributed by atoms with Crippen molar-refractivity contribution in [2.24, 2.45) is 0 Å². The Kier molecular flexibility index (Phi) is 6.25. The van der Waals surface area contributed by atoms with E-state index in [4.69, 9.17) is 9.47 Å². The Labute approximate surface area is 127 Å². The Balaban J connectivity index is 2.04. The van der Waals surface area contributed by atoms with Gasteiger partial charge in [-0.25, -0.2) is 0 Å². The molecule has 21 heavy (non-hydrogen) atoms. The molecule has 0 saturated heterocycles. The lowest BCUT2D eigenvalue weighted by Crippen LogP contribution is -2.26. The van der Waals surface area contributed by atoms with Gasteiger partial charge in [-0.15, -0.1) is 0 Å². The summed E-state index contributed by atoms with van der Waals surface area (Å²) >= 11 is 0. The number of hydrogen-bond donors (Lipinski definition) is 0. The van der Waals surface area contributed by atoms with E-state index in [2.05, 4.69) is 41.3 Å². The molecule has 3 heteroatoms. The van der Waals surface area contributed by atoms with Crippen LogP contribution in [0.3, 0.4) is 0 Å². The molecule has 0 bridgehead atoms. The van der Waals surface area contributed by atoms with E-state index in [0.29, 0.717) is 0 Å². The molecule has 3 nitrogen and oxygen atoms in total. The monoisotopic (exact) mass is 285 g/mol. The second kappa shape index (κ2) is 8.45. The summed E-state index contributed by atoms with van der Waals surface area (Å²) in [7, 11) is 3.44. The van der Waals surface area contributed by atoms with Crippen LogP contribution >= 0.6 is 0 Å². The summed E-state index contributed by atoms with van der Waals surface area (Å²) in [5.41, 5.74) is 2.57. The van der Waals surface area contributed by atoms with E-state index < -0.39 is 0 Å². The number of rotatable bonds is 8. The van der Waals surface area contributed by atoms with Gasteiger partial charge in [0.2, 0.25) is 0 Å². The predicted octanol–water partition coefficient (Wildman–Crippen LogP) is 3.34. The normalized spacial score (nSPS) is 10.8. The van der Waals surface area contributed by atoms with Gasteiger partial charge >= 0.3 is 0 Å². The molecule has 112 valence electrons. The molecular formula is C18H23NO2. The maximum absolute atomic E-state index is 5.29. The molecule has 2 rings (SSSR count). The van der Waals surface area contributed by atoms with Gasteiger partial charge in [0.1, 0.15) is 5.75 Å². The van der Waals surface area contributed by atoms with Crippen molar-refractivity contribution in [2.45, 2.75) is 13.1 Å². The molecule has 0 aliphatic carbocycles. The van der Waals surface area contributed by atoms with Gasteiger partial charge in [-0.2, -0.15) is 0 Å². The minimum Gasteiger partial charge on any atom is -0.497 e. The van der Waals surface area contributed by atoms with Gasteiger partial charge in [0.15, 0.2) is 0 Å². The topological polar surface area (TPSA) is 21.7 Å². The summed E-state index contributed by atoms with van der Waals surface area (Å²) in [6.45, 7) is 3.44. The van der Waals surface area contributed by atoms with Crippen LogP contribution in [0.15, 0.2) is 54.6 Å². The predicted molar refractivity (Wildman–Crippen MR) is 85.4 cm³/mol. The first-order valence-corrected chi connectivity index (χ1v) is 7.20. The van der Waals surface area contributed by atoms with Gasteiger partial charge in [0, 0.05) is 26.7 Å². The van der Waals surface area contributed by atoms with Crippen molar-refractivity contribution in [2.75, 3.05) is 27.4 Å². The average molecular weight is 285 g/mol. The zero-order valence-corrected chi connectivity index (χ0v) is 12.8. The zero-order chi connectivity index (χ0) is 14.9. The largest absolute Gasteiger partial charge is 0.497 e. The van der Waals surface area contributed by atoms with Crippen molar-refractivity contribution in [3.8, 4) is 5.75 Å². The second-order valence-corrected chi connectivity index (χ2v) is 5.04. The van der Waals surface area contributed by atoms with Crippen LogP contribution in [0.25, 0.3) is 0 Å². The second-order valence-electron chi connectivity index (χ2n) is 5.04. The van der Waals surface area contributed by atoms with Crippen LogP contribution in [0.5, 0.6) is 5.75 Å². The van der Waals surface area contributed by atoms with Gasteiger partial charge in [-0.1, -0.05) is 42.5 Å². The highest BCUT2D eigenvalue weighted by molar-refractivity contribution is 5.28. The first-order valence-electron chi connectivity index (χ1n) is 7.20. The van der Waals surface area contributed by atoms with Crippen molar-refractivity contribution in [1.29, 1.82) is 0 Å². The SMILES string of the molecule is COCCN(Cc1ccccc1)Cc1cccc(OC)c1. The summed E-state index contributed by atoms with van der Waals surface area (Å²) in [4.78, 5) is 2.38. The van der Waals surface area contributed by atoms with E-state index in [1.807, 2.05) is 18.2 Å². The standard InChI is InChI=1S/C18H23NO2/c1-20-12-11-19(14-16-7-4-3-5-8-16)15-17-9-6-10-18(13-17)21-2/h3-10,13H,11-12,14-15H2,1-2H3. The van der Waals surface area contributed by atoms with E-state index in [-0.39, 0.29) is 0 Å². The average Bonchev–Trinajstić information content (AvgIpc) is 2.54. The van der Waals surface area contributed by atoms with Crippen LogP contribution in [0.1, 0.15) is 11.1 Å². The van der Waals surface area contributed by atoms with Crippen molar-refractivity contribution >= 4 is 0 Å². The van der Waals surface area contributed by atoms with Crippen LogP contribution in [-0.4, -0.2) is 32.3 Å². The van der Waals surface area contributed by atoms with Crippen LogP contribution in [0.4, 0.5) is 0 Å². The molecule has 0 unspecified atom stereocenters. The molecule has 0 amide bonds. The lowest BCUT2D eigenvalue weighted by molar-refractivity contribution is 0.140. The maximum atomic E-state index is 5.29. The Hall–Kier alpha value is -1.84. The molecule has 0 heterocycles. The summed E-state index contributed by atoms with van der Waals surface area (Å²) < 4.78 is 10.5. The smallest absolute Gasteiger partial charge is 0.119 e. The van der Waals surface area contributed by atoms with Crippen molar-refractivity contribution in [3.63, 3.8) is 0 Å².